The van der Waals surface area contributed by atoms with Crippen molar-refractivity contribution < 1.29 is 0 Å². The molecule has 0 spiro atoms. The Balaban J connectivity index is 1.51. The normalized spacial score (nSPS) is 11.7. The highest BCUT2D eigenvalue weighted by molar-refractivity contribution is 6.20. The number of aromatic nitrogens is 2. The Bertz CT molecular complexity index is 2520. The smallest absolute Gasteiger partial charge is 0.0993 e. The van der Waals surface area contributed by atoms with Crippen molar-refractivity contribution in [2.45, 2.75) is 0 Å². The van der Waals surface area contributed by atoms with Gasteiger partial charge in [-0.3, -0.25) is 0 Å². The number of nitrogens with zero attached hydrogens (tertiary/aromatic N) is 3. The average molecular weight is 561 g/mol. The van der Waals surface area contributed by atoms with E-state index in [9.17, 15) is 5.26 Å². The standard InChI is InChI=1S/C40H24N4/c41-23-25-21-37(43-35-15-7-5-13-30(35)32-19-17-26-9-1-3-11-28(26)39(32)43)34(24-42)38(22-25)44-36-16-8-6-14-31(36)33-20-18-27-10-2-4-12-29(27)40(33)44/h1-22,24,42H. The van der Waals surface area contributed by atoms with Gasteiger partial charge in [0.2, 0.25) is 0 Å². The van der Waals surface area contributed by atoms with Crippen LogP contribution in [0.4, 0.5) is 0 Å². The van der Waals surface area contributed by atoms with Gasteiger partial charge in [-0.15, -0.1) is 0 Å². The number of nitrogens with one attached hydrogen (secondary N) is 1. The van der Waals surface area contributed by atoms with Crippen molar-refractivity contribution in [3.05, 3.63) is 145 Å². The molecule has 4 nitrogen and oxygen atoms in total. The second kappa shape index (κ2) is 9.16. The van der Waals surface area contributed by atoms with E-state index in [-0.39, 0.29) is 0 Å². The lowest BCUT2D eigenvalue weighted by Gasteiger charge is -2.19. The van der Waals surface area contributed by atoms with Crippen LogP contribution in [-0.2, 0) is 0 Å². The fourth-order valence-corrected chi connectivity index (χ4v) is 7.17. The molecule has 0 bridgehead atoms. The van der Waals surface area contributed by atoms with Gasteiger partial charge in [-0.1, -0.05) is 109 Å². The molecule has 0 radical (unpaired) electrons. The fraction of sp³-hybridized carbons (Fsp3) is 0. The van der Waals surface area contributed by atoms with Crippen LogP contribution in [0.25, 0.3) is 76.5 Å². The zero-order chi connectivity index (χ0) is 29.4. The molecule has 1 N–H and O–H groups in total. The van der Waals surface area contributed by atoms with Crippen LogP contribution in [0, 0.1) is 16.7 Å². The third-order valence-electron chi connectivity index (χ3n) is 9.01. The molecule has 0 amide bonds. The van der Waals surface area contributed by atoms with Gasteiger partial charge in [0.1, 0.15) is 0 Å². The summed E-state index contributed by atoms with van der Waals surface area (Å²) >= 11 is 0. The Morgan fingerprint density at radius 1 is 0.500 bits per heavy atom. The first-order valence-corrected chi connectivity index (χ1v) is 14.7. The minimum absolute atomic E-state index is 0.540. The van der Waals surface area contributed by atoms with Crippen molar-refractivity contribution in [3.63, 3.8) is 0 Å². The maximum absolute atomic E-state index is 10.4. The van der Waals surface area contributed by atoms with Gasteiger partial charge in [-0.2, -0.15) is 5.26 Å². The molecule has 0 saturated carbocycles. The molecule has 0 unspecified atom stereocenters. The fourth-order valence-electron chi connectivity index (χ4n) is 7.17. The van der Waals surface area contributed by atoms with Crippen LogP contribution >= 0.6 is 0 Å². The molecule has 2 heterocycles. The highest BCUT2D eigenvalue weighted by atomic mass is 15.0. The summed E-state index contributed by atoms with van der Waals surface area (Å²) in [5, 5.41) is 28.4. The summed E-state index contributed by atoms with van der Waals surface area (Å²) in [6.07, 6.45) is 1.45. The van der Waals surface area contributed by atoms with Crippen LogP contribution in [0.5, 0.6) is 0 Å². The Morgan fingerprint density at radius 2 is 0.932 bits per heavy atom. The summed E-state index contributed by atoms with van der Waals surface area (Å²) in [5.74, 6) is 0. The van der Waals surface area contributed by atoms with E-state index in [1.165, 1.54) is 6.21 Å². The monoisotopic (exact) mass is 560 g/mol. The Hall–Kier alpha value is -6.18. The summed E-state index contributed by atoms with van der Waals surface area (Å²) in [6.45, 7) is 0. The van der Waals surface area contributed by atoms with Crippen LogP contribution in [0.2, 0.25) is 0 Å². The summed E-state index contributed by atoms with van der Waals surface area (Å²) < 4.78 is 4.51. The summed E-state index contributed by atoms with van der Waals surface area (Å²) in [7, 11) is 0. The van der Waals surface area contributed by atoms with E-state index in [1.54, 1.807) is 0 Å². The van der Waals surface area contributed by atoms with Gasteiger partial charge in [0.05, 0.1) is 45.1 Å². The van der Waals surface area contributed by atoms with Gasteiger partial charge in [0, 0.05) is 44.1 Å². The molecule has 0 aliphatic carbocycles. The number of nitriles is 1. The zero-order valence-electron chi connectivity index (χ0n) is 23.6. The van der Waals surface area contributed by atoms with Gasteiger partial charge in [0.25, 0.3) is 0 Å². The lowest BCUT2D eigenvalue weighted by molar-refractivity contribution is 1.13. The highest BCUT2D eigenvalue weighted by Crippen LogP contribution is 2.41. The Labute approximate surface area is 252 Å². The zero-order valence-corrected chi connectivity index (χ0v) is 23.6. The molecule has 44 heavy (non-hydrogen) atoms. The predicted molar refractivity (Wildman–Crippen MR) is 183 cm³/mol. The molecule has 0 atom stereocenters. The van der Waals surface area contributed by atoms with E-state index in [4.69, 9.17) is 5.41 Å². The summed E-state index contributed by atoms with van der Waals surface area (Å²) in [4.78, 5) is 0. The summed E-state index contributed by atoms with van der Waals surface area (Å²) in [5.41, 5.74) is 7.12. The molecule has 7 aromatic carbocycles. The summed E-state index contributed by atoms with van der Waals surface area (Å²) in [6, 6.07) is 48.7. The van der Waals surface area contributed by atoms with E-state index in [0.29, 0.717) is 5.56 Å². The number of hydrogen-bond acceptors (Lipinski definition) is 2. The van der Waals surface area contributed by atoms with Gasteiger partial charge in [-0.25, -0.2) is 0 Å². The van der Waals surface area contributed by atoms with E-state index in [2.05, 4.69) is 137 Å². The van der Waals surface area contributed by atoms with Crippen LogP contribution in [0.15, 0.2) is 133 Å². The first-order chi connectivity index (χ1) is 21.8. The molecular weight excluding hydrogens is 536 g/mol. The van der Waals surface area contributed by atoms with Crippen LogP contribution in [0.3, 0.4) is 0 Å². The van der Waals surface area contributed by atoms with Crippen molar-refractivity contribution in [2.75, 3.05) is 0 Å². The number of benzene rings is 7. The molecule has 0 fully saturated rings. The Kier molecular flexibility index (Phi) is 5.08. The third-order valence-corrected chi connectivity index (χ3v) is 9.01. The maximum atomic E-state index is 10.4. The minimum Gasteiger partial charge on any atom is -0.308 e. The molecule has 0 aliphatic heterocycles. The average Bonchev–Trinajstić information content (AvgIpc) is 3.61. The second-order valence-corrected chi connectivity index (χ2v) is 11.3. The van der Waals surface area contributed by atoms with Gasteiger partial charge in [-0.05, 0) is 35.0 Å². The van der Waals surface area contributed by atoms with E-state index in [1.807, 2.05) is 12.1 Å². The number of rotatable bonds is 3. The van der Waals surface area contributed by atoms with E-state index < -0.39 is 0 Å². The topological polar surface area (TPSA) is 57.5 Å². The van der Waals surface area contributed by atoms with Crippen molar-refractivity contribution in [1.29, 1.82) is 10.7 Å². The number of hydrogen-bond donors (Lipinski definition) is 1. The van der Waals surface area contributed by atoms with Crippen molar-refractivity contribution >= 4 is 71.4 Å². The molecule has 0 saturated heterocycles. The van der Waals surface area contributed by atoms with Crippen molar-refractivity contribution in [2.24, 2.45) is 0 Å². The largest absolute Gasteiger partial charge is 0.308 e. The molecule has 9 rings (SSSR count). The SMILES string of the molecule is N#Cc1cc(-n2c3ccccc3c3ccc4ccccc4c32)c(C=N)c(-n2c3ccccc3c3ccc4ccccc4c32)c1. The maximum Gasteiger partial charge on any atom is 0.0993 e. The van der Waals surface area contributed by atoms with Crippen molar-refractivity contribution in [3.8, 4) is 17.4 Å². The van der Waals surface area contributed by atoms with E-state index in [0.717, 1.165) is 82.1 Å². The van der Waals surface area contributed by atoms with Gasteiger partial charge < -0.3 is 14.5 Å². The van der Waals surface area contributed by atoms with Gasteiger partial charge >= 0.3 is 0 Å². The van der Waals surface area contributed by atoms with Crippen LogP contribution in [-0.4, -0.2) is 15.3 Å². The molecular formula is C40H24N4. The lowest BCUT2D eigenvalue weighted by atomic mass is 10.0. The van der Waals surface area contributed by atoms with Crippen LogP contribution < -0.4 is 0 Å². The Morgan fingerprint density at radius 3 is 1.39 bits per heavy atom. The number of para-hydroxylation sites is 2. The highest BCUT2D eigenvalue weighted by Gasteiger charge is 2.22. The first kappa shape index (κ1) is 24.4. The van der Waals surface area contributed by atoms with Crippen molar-refractivity contribution in [1.82, 2.24) is 9.13 Å². The number of fused-ring (bicyclic) bond motifs is 10. The lowest BCUT2D eigenvalue weighted by Crippen LogP contribution is -2.07. The molecule has 2 aromatic heterocycles. The van der Waals surface area contributed by atoms with Crippen LogP contribution in [0.1, 0.15) is 11.1 Å². The molecule has 4 heteroatoms. The van der Waals surface area contributed by atoms with Gasteiger partial charge in [0.15, 0.2) is 0 Å². The molecule has 0 aliphatic rings. The first-order valence-electron chi connectivity index (χ1n) is 14.7. The minimum atomic E-state index is 0.540. The molecule has 204 valence electrons. The van der Waals surface area contributed by atoms with E-state index >= 15 is 0 Å². The second-order valence-electron chi connectivity index (χ2n) is 11.3. The predicted octanol–water partition coefficient (Wildman–Crippen LogP) is 10.1. The molecule has 9 aromatic rings. The quantitative estimate of drug-likeness (QED) is 0.215. The third kappa shape index (κ3) is 3.24.